The van der Waals surface area contributed by atoms with E-state index in [9.17, 15) is 19.7 Å². The van der Waals surface area contributed by atoms with Crippen LogP contribution in [-0.2, 0) is 9.59 Å². The first-order valence-corrected chi connectivity index (χ1v) is 4.66. The van der Waals surface area contributed by atoms with Crippen LogP contribution in [0.5, 0.6) is 0 Å². The van der Waals surface area contributed by atoms with Crippen LogP contribution < -0.4 is 5.32 Å². The smallest absolute Gasteiger partial charge is 0.330 e. The van der Waals surface area contributed by atoms with Crippen molar-refractivity contribution in [1.82, 2.24) is 5.32 Å². The number of nitrogens with zero attached hydrogens (tertiary/aromatic N) is 1. The van der Waals surface area contributed by atoms with Gasteiger partial charge in [0, 0.05) is 19.1 Å². The fourth-order valence-electron chi connectivity index (χ4n) is 1.28. The highest BCUT2D eigenvalue weighted by Gasteiger charge is 2.21. The summed E-state index contributed by atoms with van der Waals surface area (Å²) in [5, 5.41) is 21.6. The highest BCUT2D eigenvalue weighted by molar-refractivity contribution is 5.83. The van der Waals surface area contributed by atoms with E-state index in [1.807, 2.05) is 0 Å². The Bertz CT molecular complexity index is 454. The molecule has 0 aliphatic heterocycles. The zero-order valence-corrected chi connectivity index (χ0v) is 8.91. The predicted molar refractivity (Wildman–Crippen MR) is 57.3 cm³/mol. The number of rotatable bonds is 4. The zero-order chi connectivity index (χ0) is 13.0. The van der Waals surface area contributed by atoms with Crippen LogP contribution in [0.4, 0.5) is 5.69 Å². The van der Waals surface area contributed by atoms with Gasteiger partial charge in [0.1, 0.15) is 0 Å². The van der Waals surface area contributed by atoms with Gasteiger partial charge in [0.15, 0.2) is 6.04 Å². The lowest BCUT2D eigenvalue weighted by Gasteiger charge is -2.12. The molecule has 0 spiro atoms. The Hall–Kier alpha value is -2.44. The minimum absolute atomic E-state index is 0.138. The number of carboxylic acids is 1. The molecule has 0 aromatic heterocycles. The molecule has 0 aliphatic rings. The van der Waals surface area contributed by atoms with Crippen LogP contribution >= 0.6 is 0 Å². The van der Waals surface area contributed by atoms with Crippen LogP contribution in [-0.4, -0.2) is 21.9 Å². The van der Waals surface area contributed by atoms with Crippen molar-refractivity contribution in [2.75, 3.05) is 0 Å². The monoisotopic (exact) mass is 238 g/mol. The van der Waals surface area contributed by atoms with E-state index in [2.05, 4.69) is 5.32 Å². The molecule has 0 saturated carbocycles. The number of non-ortho nitro benzene ring substituents is 1. The molecule has 7 heteroatoms. The molecule has 7 nitrogen and oxygen atoms in total. The number of nitrogens with one attached hydrogen (secondary N) is 1. The van der Waals surface area contributed by atoms with E-state index in [1.165, 1.54) is 31.2 Å². The number of carbonyl (C=O) groups is 2. The highest BCUT2D eigenvalue weighted by atomic mass is 16.6. The van der Waals surface area contributed by atoms with Crippen molar-refractivity contribution in [2.24, 2.45) is 0 Å². The van der Waals surface area contributed by atoms with E-state index in [-0.39, 0.29) is 11.3 Å². The lowest BCUT2D eigenvalue weighted by atomic mass is 10.1. The summed E-state index contributed by atoms with van der Waals surface area (Å²) in [6, 6.07) is 3.77. The third kappa shape index (κ3) is 3.26. The van der Waals surface area contributed by atoms with Gasteiger partial charge in [-0.1, -0.05) is 0 Å². The summed E-state index contributed by atoms with van der Waals surface area (Å²) in [6.07, 6.45) is 0. The average molecular weight is 238 g/mol. The van der Waals surface area contributed by atoms with Gasteiger partial charge in [0.05, 0.1) is 4.92 Å². The zero-order valence-electron chi connectivity index (χ0n) is 8.91. The van der Waals surface area contributed by atoms with E-state index >= 15 is 0 Å². The van der Waals surface area contributed by atoms with Gasteiger partial charge in [-0.3, -0.25) is 14.9 Å². The van der Waals surface area contributed by atoms with Crippen LogP contribution in [0.3, 0.4) is 0 Å². The molecule has 0 bridgehead atoms. The second kappa shape index (κ2) is 5.06. The molecule has 0 fully saturated rings. The van der Waals surface area contributed by atoms with Gasteiger partial charge >= 0.3 is 5.97 Å². The number of benzene rings is 1. The number of nitro groups is 1. The van der Waals surface area contributed by atoms with Crippen LogP contribution in [0.2, 0.25) is 0 Å². The van der Waals surface area contributed by atoms with E-state index < -0.39 is 22.8 Å². The van der Waals surface area contributed by atoms with Crippen LogP contribution in [0.1, 0.15) is 18.5 Å². The minimum Gasteiger partial charge on any atom is -0.479 e. The Balaban J connectivity index is 2.99. The molecule has 0 radical (unpaired) electrons. The fourth-order valence-corrected chi connectivity index (χ4v) is 1.28. The first kappa shape index (κ1) is 12.6. The molecule has 0 saturated heterocycles. The molecule has 1 rings (SSSR count). The van der Waals surface area contributed by atoms with Crippen molar-refractivity contribution >= 4 is 17.6 Å². The van der Waals surface area contributed by atoms with Gasteiger partial charge < -0.3 is 10.4 Å². The molecule has 0 unspecified atom stereocenters. The lowest BCUT2D eigenvalue weighted by molar-refractivity contribution is -0.384. The molecule has 17 heavy (non-hydrogen) atoms. The summed E-state index contributed by atoms with van der Waals surface area (Å²) in [5.74, 6) is -1.72. The number of hydrogen-bond donors (Lipinski definition) is 2. The van der Waals surface area contributed by atoms with Crippen LogP contribution in [0.25, 0.3) is 0 Å². The highest BCUT2D eigenvalue weighted by Crippen LogP contribution is 2.18. The number of amides is 1. The Morgan fingerprint density at radius 1 is 1.35 bits per heavy atom. The van der Waals surface area contributed by atoms with Crippen molar-refractivity contribution in [3.63, 3.8) is 0 Å². The molecular weight excluding hydrogens is 228 g/mol. The van der Waals surface area contributed by atoms with Crippen molar-refractivity contribution < 1.29 is 19.6 Å². The standard InChI is InChI=1S/C10H10N2O5/c1-6(13)11-9(10(14)15)7-2-4-8(5-3-7)12(16)17/h2-5,9H,1H3,(H,11,13)(H,14,15)/t9-/m0/s1. The summed E-state index contributed by atoms with van der Waals surface area (Å²) in [6.45, 7) is 1.20. The molecule has 1 aromatic carbocycles. The first-order chi connectivity index (χ1) is 7.91. The molecule has 2 N–H and O–H groups in total. The number of aliphatic carboxylic acids is 1. The second-order valence-corrected chi connectivity index (χ2v) is 3.32. The quantitative estimate of drug-likeness (QED) is 0.597. The Labute approximate surface area is 96.2 Å². The van der Waals surface area contributed by atoms with Crippen LogP contribution in [0.15, 0.2) is 24.3 Å². The number of hydrogen-bond acceptors (Lipinski definition) is 4. The predicted octanol–water partition coefficient (Wildman–Crippen LogP) is 0.857. The molecule has 1 aromatic rings. The van der Waals surface area contributed by atoms with Gasteiger partial charge in [-0.25, -0.2) is 4.79 Å². The van der Waals surface area contributed by atoms with E-state index in [4.69, 9.17) is 5.11 Å². The molecule has 1 atom stereocenters. The van der Waals surface area contributed by atoms with Gasteiger partial charge in [0.2, 0.25) is 5.91 Å². The van der Waals surface area contributed by atoms with E-state index in [0.29, 0.717) is 0 Å². The topological polar surface area (TPSA) is 110 Å². The lowest BCUT2D eigenvalue weighted by Crippen LogP contribution is -2.31. The van der Waals surface area contributed by atoms with Crippen molar-refractivity contribution in [1.29, 1.82) is 0 Å². The molecule has 90 valence electrons. The maximum atomic E-state index is 10.9. The van der Waals surface area contributed by atoms with Crippen molar-refractivity contribution in [2.45, 2.75) is 13.0 Å². The van der Waals surface area contributed by atoms with Crippen LogP contribution in [0, 0.1) is 10.1 Å². The van der Waals surface area contributed by atoms with Crippen molar-refractivity contribution in [3.05, 3.63) is 39.9 Å². The van der Waals surface area contributed by atoms with Gasteiger partial charge in [-0.15, -0.1) is 0 Å². The molecule has 1 amide bonds. The second-order valence-electron chi connectivity index (χ2n) is 3.32. The summed E-state index contributed by atoms with van der Waals surface area (Å²) < 4.78 is 0. The molecular formula is C10H10N2O5. The van der Waals surface area contributed by atoms with Crippen molar-refractivity contribution in [3.8, 4) is 0 Å². The summed E-state index contributed by atoms with van der Waals surface area (Å²) in [4.78, 5) is 31.6. The number of carbonyl (C=O) groups excluding carboxylic acids is 1. The largest absolute Gasteiger partial charge is 0.479 e. The SMILES string of the molecule is CC(=O)N[C@H](C(=O)O)c1ccc([N+](=O)[O-])cc1. The Morgan fingerprint density at radius 2 is 1.88 bits per heavy atom. The van der Waals surface area contributed by atoms with E-state index in [1.54, 1.807) is 0 Å². The van der Waals surface area contributed by atoms with Gasteiger partial charge in [-0.2, -0.15) is 0 Å². The van der Waals surface area contributed by atoms with E-state index in [0.717, 1.165) is 0 Å². The third-order valence-corrected chi connectivity index (χ3v) is 2.03. The Morgan fingerprint density at radius 3 is 2.24 bits per heavy atom. The maximum absolute atomic E-state index is 10.9. The first-order valence-electron chi connectivity index (χ1n) is 4.66. The van der Waals surface area contributed by atoms with Gasteiger partial charge in [-0.05, 0) is 17.7 Å². The Kier molecular flexibility index (Phi) is 3.76. The van der Waals surface area contributed by atoms with Gasteiger partial charge in [0.25, 0.3) is 5.69 Å². The number of nitro benzene ring substituents is 1. The summed E-state index contributed by atoms with van der Waals surface area (Å²) in [5.41, 5.74) is 0.138. The maximum Gasteiger partial charge on any atom is 0.330 e. The number of carboxylic acid groups (broad SMARTS) is 1. The summed E-state index contributed by atoms with van der Waals surface area (Å²) >= 11 is 0. The minimum atomic E-state index is -1.23. The summed E-state index contributed by atoms with van der Waals surface area (Å²) in [7, 11) is 0. The normalized spacial score (nSPS) is 11.6. The molecule has 0 heterocycles. The third-order valence-electron chi connectivity index (χ3n) is 2.03. The fraction of sp³-hybridized carbons (Fsp3) is 0.200. The average Bonchev–Trinajstić information content (AvgIpc) is 2.25. The molecule has 0 aliphatic carbocycles.